The Morgan fingerprint density at radius 3 is 2.50 bits per heavy atom. The van der Waals surface area contributed by atoms with E-state index in [0.717, 1.165) is 12.3 Å². The first kappa shape index (κ1) is 15.6. The van der Waals surface area contributed by atoms with Gasteiger partial charge in [-0.15, -0.1) is 0 Å². The normalized spacial score (nSPS) is 35.9. The minimum Gasteiger partial charge on any atom is -0.369 e. The van der Waals surface area contributed by atoms with E-state index in [-0.39, 0.29) is 23.1 Å². The van der Waals surface area contributed by atoms with E-state index < -0.39 is 0 Å². The second-order valence-electron chi connectivity index (χ2n) is 8.01. The lowest BCUT2D eigenvalue weighted by molar-refractivity contribution is -0.142. The summed E-state index contributed by atoms with van der Waals surface area (Å²) in [5, 5.41) is 0. The quantitative estimate of drug-likeness (QED) is 0.797. The van der Waals surface area contributed by atoms with Crippen molar-refractivity contribution in [2.45, 2.75) is 52.4 Å². The lowest BCUT2D eigenvalue weighted by Crippen LogP contribution is -2.48. The lowest BCUT2D eigenvalue weighted by Gasteiger charge is -2.43. The molecule has 0 aromatic carbocycles. The Bertz CT molecular complexity index is 497. The van der Waals surface area contributed by atoms with Crippen LogP contribution in [0.15, 0.2) is 11.6 Å². The number of amides is 2. The van der Waals surface area contributed by atoms with Crippen LogP contribution >= 0.6 is 0 Å². The van der Waals surface area contributed by atoms with Gasteiger partial charge in [0.05, 0.1) is 5.41 Å². The van der Waals surface area contributed by atoms with Gasteiger partial charge < -0.3 is 10.6 Å². The summed E-state index contributed by atoms with van der Waals surface area (Å²) in [7, 11) is 0. The minimum atomic E-state index is -0.361. The molecule has 1 saturated heterocycles. The van der Waals surface area contributed by atoms with Gasteiger partial charge in [0.1, 0.15) is 0 Å². The predicted molar refractivity (Wildman–Crippen MR) is 85.8 cm³/mol. The molecule has 4 nitrogen and oxygen atoms in total. The molecule has 2 amide bonds. The largest absolute Gasteiger partial charge is 0.369 e. The number of hydrogen-bond acceptors (Lipinski definition) is 2. The molecule has 3 aliphatic carbocycles. The van der Waals surface area contributed by atoms with E-state index in [9.17, 15) is 9.59 Å². The van der Waals surface area contributed by atoms with Gasteiger partial charge in [-0.3, -0.25) is 9.59 Å². The molecule has 4 rings (SSSR count). The van der Waals surface area contributed by atoms with Gasteiger partial charge in [0.15, 0.2) is 0 Å². The number of hydrogen-bond donors (Lipinski definition) is 1. The fourth-order valence-electron chi connectivity index (χ4n) is 4.73. The van der Waals surface area contributed by atoms with Crippen molar-refractivity contribution < 1.29 is 9.59 Å². The number of nitrogens with zero attached hydrogens (tertiary/aromatic N) is 1. The van der Waals surface area contributed by atoms with Gasteiger partial charge in [0.25, 0.3) is 0 Å². The maximum Gasteiger partial charge on any atom is 0.232 e. The zero-order chi connectivity index (χ0) is 15.9. The van der Waals surface area contributed by atoms with Crippen LogP contribution in [-0.2, 0) is 9.59 Å². The molecule has 4 aliphatic rings. The van der Waals surface area contributed by atoms with E-state index in [2.05, 4.69) is 19.9 Å². The first-order valence-electron chi connectivity index (χ1n) is 8.66. The van der Waals surface area contributed by atoms with Crippen LogP contribution in [0.4, 0.5) is 0 Å². The third-order valence-electron chi connectivity index (χ3n) is 5.81. The molecule has 2 atom stereocenters. The molecule has 0 radical (unpaired) electrons. The zero-order valence-electron chi connectivity index (χ0n) is 13.8. The van der Waals surface area contributed by atoms with E-state index in [0.29, 0.717) is 31.8 Å². The lowest BCUT2D eigenvalue weighted by atomic mass is 9.65. The van der Waals surface area contributed by atoms with Crippen molar-refractivity contribution in [2.75, 3.05) is 13.1 Å². The number of likely N-dealkylation sites (tertiary alicyclic amines) is 1. The Labute approximate surface area is 133 Å². The third-order valence-corrected chi connectivity index (χ3v) is 5.81. The fourth-order valence-corrected chi connectivity index (χ4v) is 4.73. The smallest absolute Gasteiger partial charge is 0.232 e. The summed E-state index contributed by atoms with van der Waals surface area (Å²) in [6.45, 7) is 5.73. The highest BCUT2D eigenvalue weighted by atomic mass is 16.2. The van der Waals surface area contributed by atoms with Crippen LogP contribution in [0.2, 0.25) is 0 Å². The molecule has 2 fully saturated rings. The highest BCUT2D eigenvalue weighted by Crippen LogP contribution is 2.46. The summed E-state index contributed by atoms with van der Waals surface area (Å²) in [6, 6.07) is 0. The van der Waals surface area contributed by atoms with Crippen molar-refractivity contribution in [1.82, 2.24) is 4.90 Å². The van der Waals surface area contributed by atoms with Crippen molar-refractivity contribution >= 4 is 11.8 Å². The van der Waals surface area contributed by atoms with Crippen LogP contribution in [0.25, 0.3) is 0 Å². The molecule has 1 aliphatic heterocycles. The zero-order valence-corrected chi connectivity index (χ0v) is 13.8. The van der Waals surface area contributed by atoms with Crippen molar-refractivity contribution in [3.63, 3.8) is 0 Å². The molecule has 0 aromatic heterocycles. The van der Waals surface area contributed by atoms with Crippen LogP contribution in [0.3, 0.4) is 0 Å². The number of fused-ring (bicyclic) bond motifs is 4. The highest BCUT2D eigenvalue weighted by Gasteiger charge is 2.41. The van der Waals surface area contributed by atoms with Crippen LogP contribution in [0.1, 0.15) is 52.4 Å². The van der Waals surface area contributed by atoms with E-state index in [1.54, 1.807) is 0 Å². The van der Waals surface area contributed by atoms with Crippen LogP contribution < -0.4 is 5.73 Å². The summed E-state index contributed by atoms with van der Waals surface area (Å²) in [6.07, 6.45) is 8.28. The van der Waals surface area contributed by atoms with E-state index in [1.807, 2.05) is 4.90 Å². The molecule has 1 saturated carbocycles. The van der Waals surface area contributed by atoms with E-state index in [4.69, 9.17) is 5.73 Å². The fraction of sp³-hybridized carbons (Fsp3) is 0.778. The van der Waals surface area contributed by atoms with Gasteiger partial charge in [0, 0.05) is 19.0 Å². The van der Waals surface area contributed by atoms with Crippen molar-refractivity contribution in [3.05, 3.63) is 11.6 Å². The standard InChI is InChI=1S/C18H28N2O2/c1-12-7-13-8-14(9-13)11-18(2,10-12)17(22)20-5-3-15(4-6-20)16(19)21/h11-13,15H,3-10H2,1-2H3,(H2,19,21). The molecular weight excluding hydrogens is 276 g/mol. The topological polar surface area (TPSA) is 63.4 Å². The number of primary amides is 1. The maximum absolute atomic E-state index is 13.1. The molecule has 0 spiro atoms. The monoisotopic (exact) mass is 304 g/mol. The number of allylic oxidation sites excluding steroid dienone is 1. The van der Waals surface area contributed by atoms with Gasteiger partial charge >= 0.3 is 0 Å². The Kier molecular flexibility index (Phi) is 4.04. The molecule has 0 aromatic rings. The molecule has 2 unspecified atom stereocenters. The average molecular weight is 304 g/mol. The Balaban J connectivity index is 1.71. The van der Waals surface area contributed by atoms with Gasteiger partial charge in [-0.2, -0.15) is 0 Å². The number of nitrogens with two attached hydrogens (primary N) is 1. The van der Waals surface area contributed by atoms with Gasteiger partial charge in [0.2, 0.25) is 11.8 Å². The summed E-state index contributed by atoms with van der Waals surface area (Å²) in [4.78, 5) is 26.3. The number of piperidine rings is 1. The van der Waals surface area contributed by atoms with Crippen molar-refractivity contribution in [3.8, 4) is 0 Å². The van der Waals surface area contributed by atoms with Crippen molar-refractivity contribution in [1.29, 1.82) is 0 Å². The van der Waals surface area contributed by atoms with Gasteiger partial charge in [-0.1, -0.05) is 18.6 Å². The molecule has 4 heteroatoms. The Morgan fingerprint density at radius 2 is 1.91 bits per heavy atom. The van der Waals surface area contributed by atoms with Crippen LogP contribution in [0, 0.1) is 23.2 Å². The van der Waals surface area contributed by atoms with E-state index >= 15 is 0 Å². The average Bonchev–Trinajstić information content (AvgIpc) is 2.42. The Morgan fingerprint density at radius 1 is 1.27 bits per heavy atom. The molecule has 122 valence electrons. The first-order chi connectivity index (χ1) is 10.4. The predicted octanol–water partition coefficient (Wildman–Crippen LogP) is 2.48. The molecule has 2 N–H and O–H groups in total. The van der Waals surface area contributed by atoms with Crippen LogP contribution in [-0.4, -0.2) is 29.8 Å². The maximum atomic E-state index is 13.1. The summed E-state index contributed by atoms with van der Waals surface area (Å²) in [5.41, 5.74) is 6.50. The number of carbonyl (C=O) groups excluding carboxylic acids is 2. The summed E-state index contributed by atoms with van der Waals surface area (Å²) >= 11 is 0. The number of rotatable bonds is 2. The second kappa shape index (κ2) is 5.71. The summed E-state index contributed by atoms with van der Waals surface area (Å²) < 4.78 is 0. The van der Waals surface area contributed by atoms with Crippen molar-refractivity contribution in [2.24, 2.45) is 28.9 Å². The van der Waals surface area contributed by atoms with Gasteiger partial charge in [-0.25, -0.2) is 0 Å². The Hall–Kier alpha value is -1.32. The van der Waals surface area contributed by atoms with Crippen LogP contribution in [0.5, 0.6) is 0 Å². The highest BCUT2D eigenvalue weighted by molar-refractivity contribution is 5.85. The first-order valence-corrected chi connectivity index (χ1v) is 8.66. The summed E-state index contributed by atoms with van der Waals surface area (Å²) in [5.74, 6) is 1.42. The van der Waals surface area contributed by atoms with Gasteiger partial charge in [-0.05, 0) is 57.3 Å². The number of carbonyl (C=O) groups is 2. The third kappa shape index (κ3) is 2.92. The second-order valence-corrected chi connectivity index (χ2v) is 8.01. The minimum absolute atomic E-state index is 0.0566. The molecule has 22 heavy (non-hydrogen) atoms. The molecule has 2 bridgehead atoms. The molecule has 1 heterocycles. The molecular formula is C18H28N2O2. The van der Waals surface area contributed by atoms with E-state index in [1.165, 1.54) is 24.8 Å². The SMILES string of the molecule is CC1CC2CC(=CC(C)(C(=O)N3CCC(C(N)=O)CC3)C1)C2.